The highest BCUT2D eigenvalue weighted by atomic mass is 35.5. The maximum absolute atomic E-state index is 12.7. The summed E-state index contributed by atoms with van der Waals surface area (Å²) in [5, 5.41) is 3.74. The van der Waals surface area contributed by atoms with Crippen molar-refractivity contribution in [3.8, 4) is 0 Å². The summed E-state index contributed by atoms with van der Waals surface area (Å²) in [7, 11) is 2.16. The van der Waals surface area contributed by atoms with Crippen LogP contribution in [0.1, 0.15) is 30.7 Å². The molecular formula is C17H24ClN3O. The Morgan fingerprint density at radius 1 is 1.36 bits per heavy atom. The van der Waals surface area contributed by atoms with E-state index in [0.29, 0.717) is 25.2 Å². The molecule has 5 heteroatoms. The van der Waals surface area contributed by atoms with Crippen molar-refractivity contribution < 1.29 is 4.79 Å². The maximum Gasteiger partial charge on any atom is 0.225 e. The van der Waals surface area contributed by atoms with Gasteiger partial charge in [0.05, 0.1) is 5.92 Å². The predicted octanol–water partition coefficient (Wildman–Crippen LogP) is 1.98. The maximum atomic E-state index is 12.7. The summed E-state index contributed by atoms with van der Waals surface area (Å²) in [6, 6.07) is 8.90. The Balaban J connectivity index is 1.88. The van der Waals surface area contributed by atoms with Crippen molar-refractivity contribution in [3.63, 3.8) is 0 Å². The molecule has 1 amide bonds. The normalized spacial score (nSPS) is 31.2. The second-order valence-electron chi connectivity index (χ2n) is 6.46. The number of carbonyl (C=O) groups excluding carboxylic acids is 1. The van der Waals surface area contributed by atoms with Crippen LogP contribution in [0.5, 0.6) is 0 Å². The van der Waals surface area contributed by atoms with Gasteiger partial charge >= 0.3 is 0 Å². The van der Waals surface area contributed by atoms with Crippen LogP contribution in [0.3, 0.4) is 0 Å². The largest absolute Gasteiger partial charge is 0.355 e. The number of nitrogens with two attached hydrogens (primary N) is 1. The first-order valence-electron chi connectivity index (χ1n) is 8.07. The lowest BCUT2D eigenvalue weighted by atomic mass is 9.75. The molecule has 0 radical (unpaired) electrons. The van der Waals surface area contributed by atoms with Crippen LogP contribution >= 0.6 is 11.6 Å². The number of fused-ring (bicyclic) bond motifs is 2. The van der Waals surface area contributed by atoms with E-state index in [9.17, 15) is 4.79 Å². The third-order valence-corrected chi connectivity index (χ3v) is 5.57. The van der Waals surface area contributed by atoms with E-state index in [4.69, 9.17) is 17.3 Å². The standard InChI is InChI=1S/C17H24ClN3O/c1-21-13-6-7-15(21)16(17(22)20-9-8-19)14(10-13)11-2-4-12(18)5-3-11/h2-5,13-16H,6-10,19H2,1H3,(H,20,22)/t13-,14-,15?,16+/m1/s1. The minimum absolute atomic E-state index is 0.00326. The number of halogens is 1. The Bertz CT molecular complexity index is 533. The van der Waals surface area contributed by atoms with Crippen LogP contribution in [-0.2, 0) is 4.79 Å². The average Bonchev–Trinajstić information content (AvgIpc) is 2.75. The summed E-state index contributed by atoms with van der Waals surface area (Å²) in [5.74, 6) is 0.405. The molecule has 2 fully saturated rings. The number of hydrogen-bond donors (Lipinski definition) is 2. The van der Waals surface area contributed by atoms with Crippen molar-refractivity contribution in [3.05, 3.63) is 34.9 Å². The van der Waals surface area contributed by atoms with E-state index in [1.54, 1.807) is 0 Å². The average molecular weight is 322 g/mol. The number of nitrogens with zero attached hydrogens (tertiary/aromatic N) is 1. The summed E-state index contributed by atoms with van der Waals surface area (Å²) < 4.78 is 0. The fraction of sp³-hybridized carbons (Fsp3) is 0.588. The molecule has 2 saturated heterocycles. The van der Waals surface area contributed by atoms with Crippen LogP contribution in [0.2, 0.25) is 5.02 Å². The van der Waals surface area contributed by atoms with Gasteiger partial charge in [-0.3, -0.25) is 9.69 Å². The summed E-state index contributed by atoms with van der Waals surface area (Å²) in [4.78, 5) is 15.1. The van der Waals surface area contributed by atoms with Gasteiger partial charge in [-0.2, -0.15) is 0 Å². The van der Waals surface area contributed by atoms with E-state index in [0.717, 1.165) is 17.9 Å². The molecule has 0 saturated carbocycles. The van der Waals surface area contributed by atoms with E-state index in [1.165, 1.54) is 12.0 Å². The zero-order chi connectivity index (χ0) is 15.7. The fourth-order valence-electron chi connectivity index (χ4n) is 4.19. The van der Waals surface area contributed by atoms with E-state index in [1.807, 2.05) is 12.1 Å². The number of piperidine rings is 1. The van der Waals surface area contributed by atoms with Crippen LogP contribution < -0.4 is 11.1 Å². The van der Waals surface area contributed by atoms with Gasteiger partial charge in [0, 0.05) is 30.2 Å². The Labute approximate surface area is 137 Å². The summed E-state index contributed by atoms with van der Waals surface area (Å²) in [6.07, 6.45) is 3.33. The van der Waals surface area contributed by atoms with Crippen molar-refractivity contribution in [2.75, 3.05) is 20.1 Å². The molecule has 120 valence electrons. The molecule has 1 aromatic carbocycles. The first kappa shape index (κ1) is 15.8. The van der Waals surface area contributed by atoms with Gasteiger partial charge in [0.15, 0.2) is 0 Å². The van der Waals surface area contributed by atoms with Crippen molar-refractivity contribution in [2.45, 2.75) is 37.3 Å². The molecule has 0 aromatic heterocycles. The van der Waals surface area contributed by atoms with Crippen LogP contribution in [0.4, 0.5) is 0 Å². The highest BCUT2D eigenvalue weighted by Gasteiger charge is 2.48. The molecule has 3 rings (SSSR count). The lowest BCUT2D eigenvalue weighted by molar-refractivity contribution is -0.129. The molecule has 2 bridgehead atoms. The van der Waals surface area contributed by atoms with E-state index < -0.39 is 0 Å². The quantitative estimate of drug-likeness (QED) is 0.891. The Kier molecular flexibility index (Phi) is 4.71. The van der Waals surface area contributed by atoms with Crippen LogP contribution in [0, 0.1) is 5.92 Å². The van der Waals surface area contributed by atoms with Crippen molar-refractivity contribution in [1.29, 1.82) is 0 Å². The highest BCUT2D eigenvalue weighted by Crippen LogP contribution is 2.46. The van der Waals surface area contributed by atoms with Gasteiger partial charge in [-0.25, -0.2) is 0 Å². The van der Waals surface area contributed by atoms with Crippen LogP contribution in [0.15, 0.2) is 24.3 Å². The lowest BCUT2D eigenvalue weighted by Crippen LogP contribution is -2.52. The smallest absolute Gasteiger partial charge is 0.225 e. The van der Waals surface area contributed by atoms with Gasteiger partial charge in [0.25, 0.3) is 0 Å². The Hall–Kier alpha value is -1.10. The summed E-state index contributed by atoms with van der Waals surface area (Å²) in [5.41, 5.74) is 6.76. The summed E-state index contributed by atoms with van der Waals surface area (Å²) >= 11 is 6.01. The van der Waals surface area contributed by atoms with Crippen LogP contribution in [0.25, 0.3) is 0 Å². The predicted molar refractivity (Wildman–Crippen MR) is 88.9 cm³/mol. The monoisotopic (exact) mass is 321 g/mol. The van der Waals surface area contributed by atoms with Crippen molar-refractivity contribution in [1.82, 2.24) is 10.2 Å². The number of benzene rings is 1. The van der Waals surface area contributed by atoms with E-state index >= 15 is 0 Å². The number of hydrogen-bond acceptors (Lipinski definition) is 3. The lowest BCUT2D eigenvalue weighted by Gasteiger charge is -2.42. The molecule has 4 atom stereocenters. The fourth-order valence-corrected chi connectivity index (χ4v) is 4.32. The van der Waals surface area contributed by atoms with E-state index in [2.05, 4.69) is 29.4 Å². The van der Waals surface area contributed by atoms with Crippen molar-refractivity contribution in [2.24, 2.45) is 11.7 Å². The second kappa shape index (κ2) is 6.57. The zero-order valence-corrected chi connectivity index (χ0v) is 13.7. The summed E-state index contributed by atoms with van der Waals surface area (Å²) in [6.45, 7) is 1.02. The van der Waals surface area contributed by atoms with Gasteiger partial charge in [-0.15, -0.1) is 0 Å². The zero-order valence-electron chi connectivity index (χ0n) is 13.0. The van der Waals surface area contributed by atoms with Gasteiger partial charge < -0.3 is 11.1 Å². The first-order valence-corrected chi connectivity index (χ1v) is 8.44. The van der Waals surface area contributed by atoms with Crippen molar-refractivity contribution >= 4 is 17.5 Å². The van der Waals surface area contributed by atoms with Crippen LogP contribution in [-0.4, -0.2) is 43.0 Å². The molecule has 2 aliphatic heterocycles. The molecule has 4 nitrogen and oxygen atoms in total. The molecule has 22 heavy (non-hydrogen) atoms. The molecule has 2 aliphatic rings. The molecular weight excluding hydrogens is 298 g/mol. The number of amides is 1. The van der Waals surface area contributed by atoms with Gasteiger partial charge in [-0.1, -0.05) is 23.7 Å². The Morgan fingerprint density at radius 3 is 2.77 bits per heavy atom. The number of rotatable bonds is 4. The topological polar surface area (TPSA) is 58.4 Å². The van der Waals surface area contributed by atoms with Gasteiger partial charge in [-0.05, 0) is 49.9 Å². The first-order chi connectivity index (χ1) is 10.6. The van der Waals surface area contributed by atoms with E-state index in [-0.39, 0.29) is 17.7 Å². The molecule has 1 aromatic rings. The SMILES string of the molecule is CN1C2CC[C@@H]1C[C@H](c1ccc(Cl)cc1)[C@@H]2C(=O)NCCN. The molecule has 3 N–H and O–H groups in total. The number of carbonyl (C=O) groups is 1. The van der Waals surface area contributed by atoms with Gasteiger partial charge in [0.1, 0.15) is 0 Å². The molecule has 1 unspecified atom stereocenters. The minimum atomic E-state index is -0.00326. The third kappa shape index (κ3) is 2.87. The molecule has 2 heterocycles. The van der Waals surface area contributed by atoms with Gasteiger partial charge in [0.2, 0.25) is 5.91 Å². The number of nitrogens with one attached hydrogen (secondary N) is 1. The third-order valence-electron chi connectivity index (χ3n) is 5.31. The second-order valence-corrected chi connectivity index (χ2v) is 6.90. The minimum Gasteiger partial charge on any atom is -0.355 e. The molecule has 0 spiro atoms. The molecule has 0 aliphatic carbocycles. The Morgan fingerprint density at radius 2 is 2.09 bits per heavy atom. The highest BCUT2D eigenvalue weighted by molar-refractivity contribution is 6.30.